The van der Waals surface area contributed by atoms with Crippen LogP contribution in [0.3, 0.4) is 0 Å². The first-order chi connectivity index (χ1) is 11.6. The van der Waals surface area contributed by atoms with Crippen LogP contribution in [0.15, 0.2) is 12.4 Å². The Labute approximate surface area is 146 Å². The van der Waals surface area contributed by atoms with E-state index in [0.29, 0.717) is 6.04 Å². The number of thiazole rings is 1. The molecule has 0 spiro atoms. The molecule has 3 aromatic heterocycles. The Morgan fingerprint density at radius 1 is 1.29 bits per heavy atom. The van der Waals surface area contributed by atoms with Crippen molar-refractivity contribution >= 4 is 26.8 Å². The zero-order chi connectivity index (χ0) is 16.7. The van der Waals surface area contributed by atoms with E-state index in [0.717, 1.165) is 41.8 Å². The minimum Gasteiger partial charge on any atom is -0.345 e. The van der Waals surface area contributed by atoms with E-state index in [9.17, 15) is 0 Å². The Morgan fingerprint density at radius 3 is 2.92 bits per heavy atom. The Morgan fingerprint density at radius 2 is 2.17 bits per heavy atom. The lowest BCUT2D eigenvalue weighted by Crippen LogP contribution is -2.40. The molecule has 7 heteroatoms. The van der Waals surface area contributed by atoms with Crippen molar-refractivity contribution in [2.24, 2.45) is 7.05 Å². The summed E-state index contributed by atoms with van der Waals surface area (Å²) in [5, 5.41) is 5.63. The van der Waals surface area contributed by atoms with Crippen molar-refractivity contribution in [1.29, 1.82) is 0 Å². The first-order valence-electron chi connectivity index (χ1n) is 8.68. The van der Waals surface area contributed by atoms with Gasteiger partial charge in [-0.1, -0.05) is 11.3 Å². The van der Waals surface area contributed by atoms with E-state index >= 15 is 0 Å². The number of nitrogens with zero attached hydrogens (tertiary/aromatic N) is 6. The van der Waals surface area contributed by atoms with Gasteiger partial charge in [-0.25, -0.2) is 14.6 Å². The summed E-state index contributed by atoms with van der Waals surface area (Å²) >= 11 is 1.79. The number of fused-ring (bicyclic) bond motifs is 1. The predicted octanol–water partition coefficient (Wildman–Crippen LogP) is 3.29. The highest BCUT2D eigenvalue weighted by Crippen LogP contribution is 2.34. The number of hydrogen-bond acceptors (Lipinski definition) is 5. The maximum Gasteiger partial charge on any atom is 0.188 e. The first kappa shape index (κ1) is 15.6. The molecule has 1 aliphatic rings. The lowest BCUT2D eigenvalue weighted by atomic mass is 10.00. The van der Waals surface area contributed by atoms with E-state index in [1.54, 1.807) is 11.3 Å². The quantitative estimate of drug-likeness (QED) is 0.729. The molecule has 0 N–H and O–H groups in total. The summed E-state index contributed by atoms with van der Waals surface area (Å²) in [4.78, 5) is 11.8. The minimum atomic E-state index is 0.564. The summed E-state index contributed by atoms with van der Waals surface area (Å²) in [6, 6.07) is 0.564. The molecule has 0 bridgehead atoms. The molecule has 24 heavy (non-hydrogen) atoms. The van der Waals surface area contributed by atoms with Gasteiger partial charge in [-0.05, 0) is 39.5 Å². The third kappa shape index (κ3) is 2.70. The Balaban J connectivity index is 1.56. The normalized spacial score (nSPS) is 18.6. The van der Waals surface area contributed by atoms with Gasteiger partial charge in [-0.2, -0.15) is 5.10 Å². The van der Waals surface area contributed by atoms with Crippen LogP contribution in [0.2, 0.25) is 0 Å². The Hall–Kier alpha value is -1.89. The van der Waals surface area contributed by atoms with Crippen LogP contribution in [0, 0.1) is 13.8 Å². The molecule has 1 saturated heterocycles. The molecular weight excluding hydrogens is 320 g/mol. The van der Waals surface area contributed by atoms with E-state index in [1.165, 1.54) is 24.0 Å². The van der Waals surface area contributed by atoms with E-state index < -0.39 is 0 Å². The topological polar surface area (TPSA) is 51.8 Å². The molecular formula is C17H24N6S. The fourth-order valence-corrected chi connectivity index (χ4v) is 4.81. The lowest BCUT2D eigenvalue weighted by Gasteiger charge is -2.35. The van der Waals surface area contributed by atoms with Gasteiger partial charge >= 0.3 is 0 Å². The molecule has 3 aromatic rings. The summed E-state index contributed by atoms with van der Waals surface area (Å²) in [5.74, 6) is 1.10. The maximum absolute atomic E-state index is 4.90. The molecule has 4 rings (SSSR count). The van der Waals surface area contributed by atoms with Crippen LogP contribution in [0.1, 0.15) is 37.2 Å². The molecule has 128 valence electrons. The fourth-order valence-electron chi connectivity index (χ4n) is 3.68. The van der Waals surface area contributed by atoms with E-state index in [2.05, 4.69) is 39.6 Å². The Bertz CT molecular complexity index is 810. The van der Waals surface area contributed by atoms with Crippen molar-refractivity contribution in [3.05, 3.63) is 23.9 Å². The Kier molecular flexibility index (Phi) is 4.04. The van der Waals surface area contributed by atoms with Crippen LogP contribution >= 0.6 is 11.3 Å². The van der Waals surface area contributed by atoms with Gasteiger partial charge in [0.15, 0.2) is 10.8 Å². The second-order valence-electron chi connectivity index (χ2n) is 6.66. The monoisotopic (exact) mass is 344 g/mol. The first-order valence-corrected chi connectivity index (χ1v) is 9.49. The molecule has 1 aliphatic heterocycles. The number of aromatic nitrogens is 5. The van der Waals surface area contributed by atoms with Crippen molar-refractivity contribution in [3.8, 4) is 0 Å². The summed E-state index contributed by atoms with van der Waals surface area (Å²) in [7, 11) is 1.98. The van der Waals surface area contributed by atoms with Gasteiger partial charge in [0.05, 0.1) is 10.4 Å². The number of rotatable bonds is 4. The van der Waals surface area contributed by atoms with Gasteiger partial charge in [0.1, 0.15) is 5.82 Å². The van der Waals surface area contributed by atoms with Gasteiger partial charge in [0, 0.05) is 38.6 Å². The van der Waals surface area contributed by atoms with Gasteiger partial charge in [-0.3, -0.25) is 0 Å². The van der Waals surface area contributed by atoms with Crippen LogP contribution in [0.5, 0.6) is 0 Å². The molecule has 0 aromatic carbocycles. The number of piperidine rings is 1. The second kappa shape index (κ2) is 6.20. The van der Waals surface area contributed by atoms with Crippen LogP contribution in [-0.4, -0.2) is 36.9 Å². The van der Waals surface area contributed by atoms with E-state index in [-0.39, 0.29) is 0 Å². The average Bonchev–Trinajstić information content (AvgIpc) is 3.25. The highest BCUT2D eigenvalue weighted by molar-refractivity contribution is 7.22. The van der Waals surface area contributed by atoms with E-state index in [1.807, 2.05) is 17.9 Å². The fraction of sp³-hybridized carbons (Fsp3) is 0.588. The number of aryl methyl sites for hydroxylation is 4. The molecule has 0 aliphatic carbocycles. The standard InChI is InChI=1S/C17H24N6S/c1-12-15-16(21(3)20-12)19-17(24-15)23-9-5-4-6-14(23)7-10-22-11-8-18-13(22)2/h8,11,14H,4-7,9-10H2,1-3H3/t14-/m0/s1. The summed E-state index contributed by atoms with van der Waals surface area (Å²) in [6.45, 7) is 6.28. The highest BCUT2D eigenvalue weighted by Gasteiger charge is 2.26. The highest BCUT2D eigenvalue weighted by atomic mass is 32.1. The molecule has 0 unspecified atom stereocenters. The lowest BCUT2D eigenvalue weighted by molar-refractivity contribution is 0.414. The third-order valence-corrected chi connectivity index (χ3v) is 6.22. The minimum absolute atomic E-state index is 0.564. The molecule has 0 amide bonds. The van der Waals surface area contributed by atoms with Crippen LogP contribution in [0.25, 0.3) is 10.3 Å². The average molecular weight is 344 g/mol. The van der Waals surface area contributed by atoms with Gasteiger partial charge in [0.2, 0.25) is 0 Å². The summed E-state index contributed by atoms with van der Waals surface area (Å²) < 4.78 is 5.37. The van der Waals surface area contributed by atoms with Crippen molar-refractivity contribution in [1.82, 2.24) is 24.3 Å². The van der Waals surface area contributed by atoms with Crippen molar-refractivity contribution in [3.63, 3.8) is 0 Å². The van der Waals surface area contributed by atoms with E-state index in [4.69, 9.17) is 4.98 Å². The van der Waals surface area contributed by atoms with Crippen LogP contribution in [0.4, 0.5) is 5.13 Å². The van der Waals surface area contributed by atoms with Crippen molar-refractivity contribution in [2.75, 3.05) is 11.4 Å². The largest absolute Gasteiger partial charge is 0.345 e. The van der Waals surface area contributed by atoms with Crippen LogP contribution < -0.4 is 4.90 Å². The number of anilines is 1. The molecule has 0 saturated carbocycles. The third-order valence-electron chi connectivity index (χ3n) is 5.03. The summed E-state index contributed by atoms with van der Waals surface area (Å²) in [5.41, 5.74) is 2.10. The van der Waals surface area contributed by atoms with Gasteiger partial charge in [0.25, 0.3) is 0 Å². The molecule has 0 radical (unpaired) electrons. The molecule has 1 atom stereocenters. The van der Waals surface area contributed by atoms with Gasteiger partial charge in [-0.15, -0.1) is 0 Å². The SMILES string of the molecule is Cc1nn(C)c2nc(N3CCCC[C@H]3CCn3ccnc3C)sc12. The number of imidazole rings is 1. The predicted molar refractivity (Wildman–Crippen MR) is 97.7 cm³/mol. The zero-order valence-electron chi connectivity index (χ0n) is 14.6. The zero-order valence-corrected chi connectivity index (χ0v) is 15.4. The molecule has 6 nitrogen and oxygen atoms in total. The second-order valence-corrected chi connectivity index (χ2v) is 7.64. The van der Waals surface area contributed by atoms with Crippen LogP contribution in [-0.2, 0) is 13.6 Å². The summed E-state index contributed by atoms with van der Waals surface area (Å²) in [6.07, 6.45) is 8.93. The molecule has 1 fully saturated rings. The maximum atomic E-state index is 4.90. The molecule has 4 heterocycles. The number of hydrogen-bond donors (Lipinski definition) is 0. The van der Waals surface area contributed by atoms with Gasteiger partial charge < -0.3 is 9.47 Å². The van der Waals surface area contributed by atoms with Crippen molar-refractivity contribution in [2.45, 2.75) is 52.1 Å². The smallest absolute Gasteiger partial charge is 0.188 e. The van der Waals surface area contributed by atoms with Crippen molar-refractivity contribution < 1.29 is 0 Å².